The molecule has 2 N–H and O–H groups in total. The molecule has 0 aliphatic heterocycles. The van der Waals surface area contributed by atoms with Gasteiger partial charge in [0.05, 0.1) is 5.75 Å². The number of carboxylic acid groups (broad SMARTS) is 1. The average molecular weight is 309 g/mol. The van der Waals surface area contributed by atoms with E-state index >= 15 is 0 Å². The number of benzene rings is 1. The topological polar surface area (TPSA) is 66.4 Å². The van der Waals surface area contributed by atoms with Crippen molar-refractivity contribution in [2.24, 2.45) is 5.92 Å². The van der Waals surface area contributed by atoms with E-state index < -0.39 is 5.97 Å². The molecule has 1 amide bonds. The Morgan fingerprint density at radius 1 is 1.29 bits per heavy atom. The Bertz CT molecular complexity index is 459. The third-order valence-corrected chi connectivity index (χ3v) is 4.25. The second kappa shape index (κ2) is 9.45. The van der Waals surface area contributed by atoms with E-state index in [2.05, 4.69) is 29.6 Å². The summed E-state index contributed by atoms with van der Waals surface area (Å²) in [7, 11) is 0. The van der Waals surface area contributed by atoms with E-state index in [1.165, 1.54) is 11.1 Å². The highest BCUT2D eigenvalue weighted by molar-refractivity contribution is 7.99. The van der Waals surface area contributed by atoms with Crippen molar-refractivity contribution in [3.05, 3.63) is 35.4 Å². The summed E-state index contributed by atoms with van der Waals surface area (Å²) in [5.74, 6) is 0.367. The summed E-state index contributed by atoms with van der Waals surface area (Å²) in [4.78, 5) is 22.4. The quantitative estimate of drug-likeness (QED) is 0.736. The van der Waals surface area contributed by atoms with Gasteiger partial charge in [0.1, 0.15) is 0 Å². The first-order valence-electron chi connectivity index (χ1n) is 7.13. The molecule has 0 radical (unpaired) electrons. The molecule has 0 aliphatic rings. The number of hydrogen-bond acceptors (Lipinski definition) is 3. The number of rotatable bonds is 9. The van der Waals surface area contributed by atoms with Gasteiger partial charge in [0.25, 0.3) is 0 Å². The zero-order valence-corrected chi connectivity index (χ0v) is 13.4. The van der Waals surface area contributed by atoms with Crippen molar-refractivity contribution in [3.8, 4) is 0 Å². The van der Waals surface area contributed by atoms with Crippen molar-refractivity contribution < 1.29 is 14.7 Å². The standard InChI is InChI=1S/C16H23NO3S/c1-3-13(8-16(19)20)9-17-15(18)11-21-10-14-6-4-12(2)5-7-14/h4-7,13H,3,8-11H2,1-2H3,(H,17,18)(H,19,20). The van der Waals surface area contributed by atoms with E-state index in [0.717, 1.165) is 12.2 Å². The van der Waals surface area contributed by atoms with Gasteiger partial charge >= 0.3 is 5.97 Å². The third kappa shape index (κ3) is 7.75. The molecule has 5 heteroatoms. The monoisotopic (exact) mass is 309 g/mol. The minimum absolute atomic E-state index is 0.00792. The molecule has 0 aromatic heterocycles. The number of aliphatic carboxylic acids is 1. The van der Waals surface area contributed by atoms with Crippen LogP contribution in [0.5, 0.6) is 0 Å². The molecule has 21 heavy (non-hydrogen) atoms. The third-order valence-electron chi connectivity index (χ3n) is 3.25. The molecule has 0 saturated carbocycles. The van der Waals surface area contributed by atoms with Crippen LogP contribution in [0.25, 0.3) is 0 Å². The van der Waals surface area contributed by atoms with Crippen LogP contribution in [0.2, 0.25) is 0 Å². The highest BCUT2D eigenvalue weighted by Crippen LogP contribution is 2.13. The van der Waals surface area contributed by atoms with Crippen LogP contribution in [0, 0.1) is 12.8 Å². The number of amides is 1. The summed E-state index contributed by atoms with van der Waals surface area (Å²) in [6.45, 7) is 4.42. The van der Waals surface area contributed by atoms with Gasteiger partial charge in [-0.15, -0.1) is 11.8 Å². The Morgan fingerprint density at radius 2 is 1.95 bits per heavy atom. The number of carboxylic acids is 1. The Kier molecular flexibility index (Phi) is 7.90. The Labute approximate surface area is 130 Å². The normalized spacial score (nSPS) is 11.9. The van der Waals surface area contributed by atoms with Gasteiger partial charge in [0.15, 0.2) is 0 Å². The Balaban J connectivity index is 2.21. The zero-order valence-electron chi connectivity index (χ0n) is 12.6. The maximum atomic E-state index is 11.7. The molecule has 116 valence electrons. The van der Waals surface area contributed by atoms with Crippen molar-refractivity contribution in [2.75, 3.05) is 12.3 Å². The fourth-order valence-corrected chi connectivity index (χ4v) is 2.68. The van der Waals surface area contributed by atoms with Crippen molar-refractivity contribution in [1.29, 1.82) is 0 Å². The molecule has 0 heterocycles. The van der Waals surface area contributed by atoms with Crippen LogP contribution in [0.15, 0.2) is 24.3 Å². The Hall–Kier alpha value is -1.49. The lowest BCUT2D eigenvalue weighted by Crippen LogP contribution is -2.31. The van der Waals surface area contributed by atoms with Gasteiger partial charge in [-0.05, 0) is 18.4 Å². The summed E-state index contributed by atoms with van der Waals surface area (Å²) in [5.41, 5.74) is 2.43. The van der Waals surface area contributed by atoms with E-state index in [9.17, 15) is 9.59 Å². The predicted octanol–water partition coefficient (Wildman–Crippen LogP) is 2.85. The second-order valence-corrected chi connectivity index (χ2v) is 6.14. The molecule has 1 rings (SSSR count). The minimum Gasteiger partial charge on any atom is -0.481 e. The molecule has 0 bridgehead atoms. The van der Waals surface area contributed by atoms with Crippen LogP contribution >= 0.6 is 11.8 Å². The number of nitrogens with one attached hydrogen (secondary N) is 1. The van der Waals surface area contributed by atoms with Crippen LogP contribution in [-0.4, -0.2) is 29.3 Å². The molecule has 1 aromatic carbocycles. The number of aryl methyl sites for hydroxylation is 1. The molecular weight excluding hydrogens is 286 g/mol. The predicted molar refractivity (Wildman–Crippen MR) is 86.4 cm³/mol. The fraction of sp³-hybridized carbons (Fsp3) is 0.500. The second-order valence-electron chi connectivity index (χ2n) is 5.15. The number of carbonyl (C=O) groups excluding carboxylic acids is 1. The summed E-state index contributed by atoms with van der Waals surface area (Å²) in [6, 6.07) is 8.27. The van der Waals surface area contributed by atoms with Gasteiger partial charge in [-0.25, -0.2) is 0 Å². The van der Waals surface area contributed by atoms with Crippen molar-refractivity contribution in [1.82, 2.24) is 5.32 Å². The summed E-state index contributed by atoms with van der Waals surface area (Å²) >= 11 is 1.57. The zero-order chi connectivity index (χ0) is 15.7. The highest BCUT2D eigenvalue weighted by Gasteiger charge is 2.12. The molecule has 1 atom stereocenters. The van der Waals surface area contributed by atoms with Crippen LogP contribution in [0.3, 0.4) is 0 Å². The van der Waals surface area contributed by atoms with Gasteiger partial charge in [-0.1, -0.05) is 43.2 Å². The maximum absolute atomic E-state index is 11.7. The molecule has 0 spiro atoms. The van der Waals surface area contributed by atoms with Crippen LogP contribution in [0.1, 0.15) is 30.9 Å². The van der Waals surface area contributed by atoms with E-state index in [-0.39, 0.29) is 18.2 Å². The van der Waals surface area contributed by atoms with E-state index in [1.54, 1.807) is 11.8 Å². The minimum atomic E-state index is -0.815. The fourth-order valence-electron chi connectivity index (χ4n) is 1.86. The van der Waals surface area contributed by atoms with Gasteiger partial charge in [0, 0.05) is 18.7 Å². The lowest BCUT2D eigenvalue weighted by Gasteiger charge is -2.13. The molecule has 0 aliphatic carbocycles. The maximum Gasteiger partial charge on any atom is 0.303 e. The molecule has 0 fully saturated rings. The summed E-state index contributed by atoms with van der Waals surface area (Å²) in [5, 5.41) is 11.6. The first kappa shape index (κ1) is 17.6. The molecule has 1 unspecified atom stereocenters. The molecule has 1 aromatic rings. The van der Waals surface area contributed by atoms with Crippen molar-refractivity contribution in [2.45, 2.75) is 32.4 Å². The number of carbonyl (C=O) groups is 2. The first-order valence-corrected chi connectivity index (χ1v) is 8.28. The van der Waals surface area contributed by atoms with E-state index in [0.29, 0.717) is 12.3 Å². The molecular formula is C16H23NO3S. The van der Waals surface area contributed by atoms with Crippen molar-refractivity contribution in [3.63, 3.8) is 0 Å². The molecule has 4 nitrogen and oxygen atoms in total. The van der Waals surface area contributed by atoms with Gasteiger partial charge in [0.2, 0.25) is 5.91 Å². The van der Waals surface area contributed by atoms with Crippen molar-refractivity contribution >= 4 is 23.6 Å². The summed E-state index contributed by atoms with van der Waals surface area (Å²) in [6.07, 6.45) is 0.858. The summed E-state index contributed by atoms with van der Waals surface area (Å²) < 4.78 is 0. The smallest absolute Gasteiger partial charge is 0.303 e. The van der Waals surface area contributed by atoms with Crippen LogP contribution in [0.4, 0.5) is 0 Å². The van der Waals surface area contributed by atoms with E-state index in [1.807, 2.05) is 13.8 Å². The van der Waals surface area contributed by atoms with Gasteiger partial charge in [-0.3, -0.25) is 9.59 Å². The molecule has 0 saturated heterocycles. The largest absolute Gasteiger partial charge is 0.481 e. The lowest BCUT2D eigenvalue weighted by molar-refractivity contribution is -0.138. The van der Waals surface area contributed by atoms with Crippen LogP contribution < -0.4 is 5.32 Å². The first-order chi connectivity index (χ1) is 10.0. The lowest BCUT2D eigenvalue weighted by atomic mass is 10.0. The number of thioether (sulfide) groups is 1. The van der Waals surface area contributed by atoms with Gasteiger partial charge in [-0.2, -0.15) is 0 Å². The average Bonchev–Trinajstić information content (AvgIpc) is 2.45. The number of hydrogen-bond donors (Lipinski definition) is 2. The Morgan fingerprint density at radius 3 is 2.52 bits per heavy atom. The van der Waals surface area contributed by atoms with E-state index in [4.69, 9.17) is 5.11 Å². The highest BCUT2D eigenvalue weighted by atomic mass is 32.2. The SMILES string of the molecule is CCC(CNC(=O)CSCc1ccc(C)cc1)CC(=O)O. The van der Waals surface area contributed by atoms with Gasteiger partial charge < -0.3 is 10.4 Å². The van der Waals surface area contributed by atoms with Crippen LogP contribution in [-0.2, 0) is 15.3 Å².